The number of para-hydroxylation sites is 1. The number of aryl methyl sites for hydroxylation is 2. The van der Waals surface area contributed by atoms with Gasteiger partial charge in [-0.25, -0.2) is 9.13 Å². The molecule has 176 valence electrons. The van der Waals surface area contributed by atoms with E-state index in [-0.39, 0.29) is 11.5 Å². The number of fused-ring (bicyclic) bond motifs is 1. The van der Waals surface area contributed by atoms with E-state index < -0.39 is 0 Å². The zero-order valence-corrected chi connectivity index (χ0v) is 21.4. The second kappa shape index (κ2) is 9.99. The molecule has 0 atom stereocenters. The molecule has 0 bridgehead atoms. The molecule has 0 fully saturated rings. The number of anilines is 1. The topological polar surface area (TPSA) is 51.1 Å². The predicted molar refractivity (Wildman–Crippen MR) is 140 cm³/mol. The van der Waals surface area contributed by atoms with Gasteiger partial charge in [-0.2, -0.15) is 0 Å². The highest BCUT2D eigenvalue weighted by molar-refractivity contribution is 7.07. The van der Waals surface area contributed by atoms with Crippen molar-refractivity contribution >= 4 is 57.8 Å². The fourth-order valence-corrected chi connectivity index (χ4v) is 5.48. The summed E-state index contributed by atoms with van der Waals surface area (Å²) in [6.45, 7) is 9.74. The summed E-state index contributed by atoms with van der Waals surface area (Å²) in [6.07, 6.45) is 3.71. The number of carbonyl (C=O) groups excluding carboxylic acids is 1. The van der Waals surface area contributed by atoms with Gasteiger partial charge in [0.15, 0.2) is 11.0 Å². The van der Waals surface area contributed by atoms with E-state index in [1.807, 2.05) is 55.5 Å². The number of halogens is 1. The molecule has 0 aliphatic heterocycles. The third kappa shape index (κ3) is 4.33. The third-order valence-electron chi connectivity index (χ3n) is 5.83. The maximum atomic E-state index is 13.3. The standard InChI is InChI=1S/C26H28ClN4O2S/c1-5-28-21-14-13-19(27)15-22(21)29(6-2)24(28)16-25-30(7-3)26(33)23(34-25)17-31(18(4)32)20-11-9-8-10-12-20/h8-17H,5-7H2,1-4H3/q+1. The smallest absolute Gasteiger partial charge is 0.285 e. The summed E-state index contributed by atoms with van der Waals surface area (Å²) in [5.41, 5.74) is 2.78. The number of carbonyl (C=O) groups is 1. The van der Waals surface area contributed by atoms with Crippen molar-refractivity contribution in [3.63, 3.8) is 0 Å². The van der Waals surface area contributed by atoms with Crippen LogP contribution < -0.4 is 24.2 Å². The molecule has 0 N–H and O–H groups in total. The van der Waals surface area contributed by atoms with Crippen LogP contribution in [0.1, 0.15) is 33.5 Å². The molecule has 6 nitrogen and oxygen atoms in total. The fraction of sp³-hybridized carbons (Fsp3) is 0.269. The lowest BCUT2D eigenvalue weighted by atomic mass is 10.3. The molecule has 2 aromatic carbocycles. The van der Waals surface area contributed by atoms with Gasteiger partial charge in [-0.15, -0.1) is 11.3 Å². The van der Waals surface area contributed by atoms with Crippen LogP contribution in [0.2, 0.25) is 5.02 Å². The Bertz CT molecular complexity index is 1530. The van der Waals surface area contributed by atoms with Gasteiger partial charge in [0.1, 0.15) is 9.20 Å². The van der Waals surface area contributed by atoms with E-state index in [0.717, 1.165) is 40.3 Å². The van der Waals surface area contributed by atoms with Crippen LogP contribution in [0.15, 0.2) is 53.3 Å². The Labute approximate surface area is 207 Å². The molecule has 0 aliphatic rings. The number of imidazole rings is 1. The van der Waals surface area contributed by atoms with Crippen LogP contribution in [-0.2, 0) is 24.4 Å². The first-order valence-corrected chi connectivity index (χ1v) is 12.6. The van der Waals surface area contributed by atoms with Crippen molar-refractivity contribution in [1.29, 1.82) is 0 Å². The number of benzene rings is 2. The number of nitrogens with zero attached hydrogens (tertiary/aromatic N) is 4. The molecule has 0 aliphatic carbocycles. The zero-order valence-electron chi connectivity index (χ0n) is 19.8. The van der Waals surface area contributed by atoms with Crippen LogP contribution in [0.5, 0.6) is 0 Å². The minimum atomic E-state index is -0.153. The average molecular weight is 496 g/mol. The van der Waals surface area contributed by atoms with Gasteiger partial charge in [0.2, 0.25) is 5.91 Å². The van der Waals surface area contributed by atoms with Crippen LogP contribution in [0, 0.1) is 0 Å². The number of hydrogen-bond donors (Lipinski definition) is 0. The summed E-state index contributed by atoms with van der Waals surface area (Å²) in [6, 6.07) is 15.3. The SMILES string of the molecule is CCn1c(=O)c(=CN(C(C)=O)c2ccccc2)s/c1=C\c1n(CC)c2cc(Cl)ccc2[n+]1CC. The lowest BCUT2D eigenvalue weighted by Gasteiger charge is -2.15. The molecule has 0 spiro atoms. The largest absolute Gasteiger partial charge is 0.299 e. The average Bonchev–Trinajstić information content (AvgIpc) is 3.29. The van der Waals surface area contributed by atoms with E-state index in [1.165, 1.54) is 23.2 Å². The number of thiazole rings is 1. The molecular formula is C26H28ClN4O2S+. The van der Waals surface area contributed by atoms with Gasteiger partial charge < -0.3 is 0 Å². The molecule has 8 heteroatoms. The maximum Gasteiger partial charge on any atom is 0.285 e. The summed E-state index contributed by atoms with van der Waals surface area (Å²) in [4.78, 5) is 27.2. The maximum absolute atomic E-state index is 13.3. The van der Waals surface area contributed by atoms with Gasteiger partial charge >= 0.3 is 0 Å². The fourth-order valence-electron chi connectivity index (χ4n) is 4.25. The van der Waals surface area contributed by atoms with Gasteiger partial charge in [0, 0.05) is 36.4 Å². The summed E-state index contributed by atoms with van der Waals surface area (Å²) < 4.78 is 7.54. The summed E-state index contributed by atoms with van der Waals surface area (Å²) >= 11 is 7.69. The van der Waals surface area contributed by atoms with E-state index >= 15 is 0 Å². The normalized spacial score (nSPS) is 12.6. The second-order valence-corrected chi connectivity index (χ2v) is 9.33. The monoisotopic (exact) mass is 495 g/mol. The van der Waals surface area contributed by atoms with E-state index in [4.69, 9.17) is 11.6 Å². The molecule has 0 saturated heterocycles. The Morgan fingerprint density at radius 1 is 1.09 bits per heavy atom. The summed E-state index contributed by atoms with van der Waals surface area (Å²) in [5, 5.41) is 0.693. The van der Waals surface area contributed by atoms with E-state index in [1.54, 1.807) is 10.8 Å². The molecule has 2 heterocycles. The lowest BCUT2D eigenvalue weighted by Crippen LogP contribution is -2.37. The van der Waals surface area contributed by atoms with Crippen LogP contribution in [0.25, 0.3) is 23.3 Å². The lowest BCUT2D eigenvalue weighted by molar-refractivity contribution is -0.670. The molecule has 1 amide bonds. The van der Waals surface area contributed by atoms with E-state index in [9.17, 15) is 9.59 Å². The van der Waals surface area contributed by atoms with Crippen LogP contribution in [0.4, 0.5) is 5.69 Å². The summed E-state index contributed by atoms with van der Waals surface area (Å²) in [7, 11) is 0. The number of aromatic nitrogens is 3. The molecule has 34 heavy (non-hydrogen) atoms. The minimum Gasteiger partial charge on any atom is -0.299 e. The summed E-state index contributed by atoms with van der Waals surface area (Å²) in [5.74, 6) is 0.850. The Kier molecular flexibility index (Phi) is 7.05. The third-order valence-corrected chi connectivity index (χ3v) is 7.11. The van der Waals surface area contributed by atoms with Gasteiger partial charge in [-0.1, -0.05) is 29.8 Å². The number of hydrogen-bond acceptors (Lipinski definition) is 3. The molecule has 4 rings (SSSR count). The molecule has 0 saturated carbocycles. The van der Waals surface area contributed by atoms with Crippen molar-refractivity contribution in [3.8, 4) is 0 Å². The van der Waals surface area contributed by atoms with Crippen LogP contribution in [0.3, 0.4) is 0 Å². The van der Waals surface area contributed by atoms with Crippen LogP contribution >= 0.6 is 22.9 Å². The number of rotatable bonds is 6. The van der Waals surface area contributed by atoms with Crippen molar-refractivity contribution in [2.45, 2.75) is 47.3 Å². The first-order chi connectivity index (χ1) is 16.4. The molecule has 0 radical (unpaired) electrons. The number of amides is 1. The van der Waals surface area contributed by atoms with Gasteiger partial charge in [-0.05, 0) is 45.0 Å². The Hall–Kier alpha value is -3.16. The first-order valence-electron chi connectivity index (χ1n) is 11.4. The molecule has 4 aromatic rings. The molecule has 0 unspecified atom stereocenters. The van der Waals surface area contributed by atoms with Crippen molar-refractivity contribution in [2.75, 3.05) is 4.90 Å². The Morgan fingerprint density at radius 3 is 2.41 bits per heavy atom. The van der Waals surface area contributed by atoms with E-state index in [0.29, 0.717) is 16.1 Å². The molecule has 2 aromatic heterocycles. The zero-order chi connectivity index (χ0) is 24.4. The highest BCUT2D eigenvalue weighted by Gasteiger charge is 2.22. The van der Waals surface area contributed by atoms with Crippen LogP contribution in [-0.4, -0.2) is 15.0 Å². The van der Waals surface area contributed by atoms with Crippen molar-refractivity contribution < 1.29 is 9.36 Å². The second-order valence-electron chi connectivity index (χ2n) is 7.83. The Balaban J connectivity index is 1.98. The highest BCUT2D eigenvalue weighted by Crippen LogP contribution is 2.20. The van der Waals surface area contributed by atoms with Gasteiger partial charge in [0.25, 0.3) is 11.4 Å². The van der Waals surface area contributed by atoms with Gasteiger partial charge in [-0.3, -0.25) is 19.1 Å². The first kappa shape index (κ1) is 24.0. The highest BCUT2D eigenvalue weighted by atomic mass is 35.5. The molecular weight excluding hydrogens is 468 g/mol. The van der Waals surface area contributed by atoms with Gasteiger partial charge in [0.05, 0.1) is 19.2 Å². The van der Waals surface area contributed by atoms with Crippen molar-refractivity contribution in [1.82, 2.24) is 9.13 Å². The van der Waals surface area contributed by atoms with E-state index in [2.05, 4.69) is 29.1 Å². The van der Waals surface area contributed by atoms with Crippen molar-refractivity contribution in [3.05, 3.63) is 78.9 Å². The predicted octanol–water partition coefficient (Wildman–Crippen LogP) is 3.49. The van der Waals surface area contributed by atoms with Crippen molar-refractivity contribution in [2.24, 2.45) is 0 Å². The Morgan fingerprint density at radius 2 is 1.79 bits per heavy atom. The quantitative estimate of drug-likeness (QED) is 0.384. The minimum absolute atomic E-state index is 0.105.